The van der Waals surface area contributed by atoms with Crippen molar-refractivity contribution in [3.05, 3.63) is 0 Å². The summed E-state index contributed by atoms with van der Waals surface area (Å²) >= 11 is 0. The van der Waals surface area contributed by atoms with Crippen LogP contribution < -0.4 is 5.73 Å². The van der Waals surface area contributed by atoms with Gasteiger partial charge in [-0.1, -0.05) is 65.7 Å². The molecule has 0 amide bonds. The van der Waals surface area contributed by atoms with Crippen molar-refractivity contribution in [1.82, 2.24) is 0 Å². The maximum Gasteiger partial charge on any atom is 0.0154 e. The average molecular weight is 231 g/mol. The largest absolute Gasteiger partial charge is 0.412 e. The Morgan fingerprint density at radius 1 is 0.688 bits per heavy atom. The Bertz CT molecular complexity index is 129. The van der Waals surface area contributed by atoms with E-state index in [0.29, 0.717) is 0 Å². The highest BCUT2D eigenvalue weighted by atomic mass is 16.0. The molecule has 0 aliphatic rings. The smallest absolute Gasteiger partial charge is 0.0154 e. The molecule has 0 heterocycles. The lowest BCUT2D eigenvalue weighted by atomic mass is 9.83. The van der Waals surface area contributed by atoms with E-state index in [2.05, 4.69) is 20.8 Å². The van der Waals surface area contributed by atoms with Crippen molar-refractivity contribution in [2.75, 3.05) is 0 Å². The molecule has 0 saturated heterocycles. The van der Waals surface area contributed by atoms with Gasteiger partial charge in [-0.2, -0.15) is 0 Å². The summed E-state index contributed by atoms with van der Waals surface area (Å²) in [5.41, 5.74) is 6.66. The van der Waals surface area contributed by atoms with Crippen LogP contribution in [0.15, 0.2) is 0 Å². The number of rotatable bonds is 10. The van der Waals surface area contributed by atoms with Crippen LogP contribution >= 0.6 is 0 Å². The second-order valence-electron chi connectivity index (χ2n) is 5.03. The number of hydrogen-bond donors (Lipinski definition) is 1. The Labute approximate surface area is 102 Å². The van der Waals surface area contributed by atoms with E-state index in [1.54, 1.807) is 0 Å². The van der Waals surface area contributed by atoms with Gasteiger partial charge in [0, 0.05) is 5.54 Å². The van der Waals surface area contributed by atoms with Crippen LogP contribution in [0.1, 0.15) is 85.0 Å². The van der Waals surface area contributed by atoms with Crippen LogP contribution in [-0.2, 0) is 0 Å². The molecule has 0 spiro atoms. The second kappa shape index (κ2) is 11.4. The normalized spacial score (nSPS) is 11.2. The fourth-order valence-electron chi connectivity index (χ4n) is 2.16. The third-order valence-electron chi connectivity index (χ3n) is 3.33. The van der Waals surface area contributed by atoms with Crippen molar-refractivity contribution in [2.24, 2.45) is 5.73 Å². The molecule has 0 aromatic carbocycles. The summed E-state index contributed by atoms with van der Waals surface area (Å²) in [6.45, 7) is 6.77. The fraction of sp³-hybridized carbons (Fsp3) is 1.00. The first-order chi connectivity index (χ1) is 7.18. The van der Waals surface area contributed by atoms with Crippen molar-refractivity contribution in [2.45, 2.75) is 90.5 Å². The molecule has 16 heavy (non-hydrogen) atoms. The van der Waals surface area contributed by atoms with Gasteiger partial charge in [0.1, 0.15) is 0 Å². The Kier molecular flexibility index (Phi) is 13.0. The summed E-state index contributed by atoms with van der Waals surface area (Å²) < 4.78 is 0. The van der Waals surface area contributed by atoms with Crippen LogP contribution in [0.3, 0.4) is 0 Å². The summed E-state index contributed by atoms with van der Waals surface area (Å²) in [5.74, 6) is 0. The van der Waals surface area contributed by atoms with Crippen LogP contribution in [0.2, 0.25) is 0 Å². The fourth-order valence-corrected chi connectivity index (χ4v) is 2.16. The molecule has 2 nitrogen and oxygen atoms in total. The van der Waals surface area contributed by atoms with Gasteiger partial charge in [-0.25, -0.2) is 0 Å². The van der Waals surface area contributed by atoms with Gasteiger partial charge in [-0.3, -0.25) is 0 Å². The molecule has 0 fully saturated rings. The van der Waals surface area contributed by atoms with Gasteiger partial charge < -0.3 is 11.2 Å². The van der Waals surface area contributed by atoms with Gasteiger partial charge in [0.05, 0.1) is 0 Å². The summed E-state index contributed by atoms with van der Waals surface area (Å²) in [4.78, 5) is 0. The lowest BCUT2D eigenvalue weighted by Gasteiger charge is -2.29. The lowest BCUT2D eigenvalue weighted by Crippen LogP contribution is -2.39. The number of hydrogen-bond acceptors (Lipinski definition) is 1. The molecule has 0 bridgehead atoms. The quantitative estimate of drug-likeness (QED) is 0.571. The van der Waals surface area contributed by atoms with Crippen LogP contribution in [0, 0.1) is 0 Å². The zero-order chi connectivity index (χ0) is 11.6. The molecule has 0 unspecified atom stereocenters. The van der Waals surface area contributed by atoms with E-state index in [-0.39, 0.29) is 11.0 Å². The van der Waals surface area contributed by atoms with Gasteiger partial charge in [-0.15, -0.1) is 0 Å². The highest BCUT2D eigenvalue weighted by Crippen LogP contribution is 2.25. The first kappa shape index (κ1) is 18.3. The zero-order valence-corrected chi connectivity index (χ0v) is 11.6. The Morgan fingerprint density at radius 2 is 1.06 bits per heavy atom. The predicted octanol–water partition coefficient (Wildman–Crippen LogP) is 3.82. The van der Waals surface area contributed by atoms with Crippen molar-refractivity contribution in [3.63, 3.8) is 0 Å². The van der Waals surface area contributed by atoms with Gasteiger partial charge in [0.2, 0.25) is 0 Å². The first-order valence-corrected chi connectivity index (χ1v) is 6.97. The van der Waals surface area contributed by atoms with Crippen LogP contribution in [0.4, 0.5) is 0 Å². The molecule has 2 heteroatoms. The van der Waals surface area contributed by atoms with E-state index in [4.69, 9.17) is 5.73 Å². The minimum Gasteiger partial charge on any atom is -0.412 e. The van der Waals surface area contributed by atoms with Gasteiger partial charge >= 0.3 is 0 Å². The minimum atomic E-state index is 0. The maximum absolute atomic E-state index is 6.51. The second-order valence-corrected chi connectivity index (χ2v) is 5.03. The Hall–Kier alpha value is -0.0800. The lowest BCUT2D eigenvalue weighted by molar-refractivity contribution is 0.310. The predicted molar refractivity (Wildman–Crippen MR) is 73.7 cm³/mol. The van der Waals surface area contributed by atoms with Crippen LogP contribution in [0.5, 0.6) is 0 Å². The summed E-state index contributed by atoms with van der Waals surface area (Å²) in [7, 11) is 0. The topological polar surface area (TPSA) is 57.5 Å². The average Bonchev–Trinajstić information content (AvgIpc) is 2.24. The molecule has 0 aromatic rings. The molecule has 0 aromatic heterocycles. The molecule has 0 aliphatic carbocycles. The number of nitrogens with two attached hydrogens (primary N) is 1. The summed E-state index contributed by atoms with van der Waals surface area (Å²) in [6.07, 6.45) is 12.8. The van der Waals surface area contributed by atoms with Crippen molar-refractivity contribution >= 4 is 0 Å². The van der Waals surface area contributed by atoms with Crippen molar-refractivity contribution < 1.29 is 5.48 Å². The molecular weight excluding hydrogens is 198 g/mol. The molecule has 4 N–H and O–H groups in total. The van der Waals surface area contributed by atoms with E-state index in [1.165, 1.54) is 64.2 Å². The SMILES string of the molecule is CCCCCC(N)(CCCC)CCCC.O. The first-order valence-electron chi connectivity index (χ1n) is 6.97. The molecule has 0 saturated carbocycles. The molecule has 0 radical (unpaired) electrons. The molecule has 0 rings (SSSR count). The monoisotopic (exact) mass is 231 g/mol. The zero-order valence-electron chi connectivity index (χ0n) is 11.6. The molecular formula is C14H33NO. The van der Waals surface area contributed by atoms with Gasteiger partial charge in [0.15, 0.2) is 0 Å². The Morgan fingerprint density at radius 3 is 1.44 bits per heavy atom. The molecule has 0 atom stereocenters. The van der Waals surface area contributed by atoms with Crippen molar-refractivity contribution in [1.29, 1.82) is 0 Å². The van der Waals surface area contributed by atoms with Crippen molar-refractivity contribution in [3.8, 4) is 0 Å². The molecule has 0 aliphatic heterocycles. The van der Waals surface area contributed by atoms with Gasteiger partial charge in [-0.05, 0) is 19.3 Å². The van der Waals surface area contributed by atoms with E-state index >= 15 is 0 Å². The van der Waals surface area contributed by atoms with E-state index in [1.807, 2.05) is 0 Å². The van der Waals surface area contributed by atoms with Crippen LogP contribution in [0.25, 0.3) is 0 Å². The highest BCUT2D eigenvalue weighted by molar-refractivity contribution is 4.83. The molecule has 100 valence electrons. The standard InChI is InChI=1S/C14H31N.H2O/c1-4-7-10-13-14(15,11-8-5-2)12-9-6-3;/h4-13,15H2,1-3H3;1H2. The summed E-state index contributed by atoms with van der Waals surface area (Å²) in [5, 5.41) is 0. The third-order valence-corrected chi connectivity index (χ3v) is 3.33. The van der Waals surface area contributed by atoms with Gasteiger partial charge in [0.25, 0.3) is 0 Å². The van der Waals surface area contributed by atoms with E-state index < -0.39 is 0 Å². The highest BCUT2D eigenvalue weighted by Gasteiger charge is 2.22. The summed E-state index contributed by atoms with van der Waals surface area (Å²) in [6, 6.07) is 0. The van der Waals surface area contributed by atoms with E-state index in [9.17, 15) is 0 Å². The number of unbranched alkanes of at least 4 members (excludes halogenated alkanes) is 4. The Balaban J connectivity index is 0. The van der Waals surface area contributed by atoms with E-state index in [0.717, 1.165) is 0 Å². The maximum atomic E-state index is 6.51. The van der Waals surface area contributed by atoms with Crippen LogP contribution in [-0.4, -0.2) is 11.0 Å². The third kappa shape index (κ3) is 9.17. The minimum absolute atomic E-state index is 0.